The van der Waals surface area contributed by atoms with Crippen LogP contribution < -0.4 is 10.9 Å². The summed E-state index contributed by atoms with van der Waals surface area (Å²) in [4.78, 5) is 43.5. The number of hydrazine groups is 1. The third-order valence-corrected chi connectivity index (χ3v) is 5.31. The maximum Gasteiger partial charge on any atom is 0.270 e. The Kier molecular flexibility index (Phi) is 6.26. The number of hydrogen-bond acceptors (Lipinski definition) is 5. The van der Waals surface area contributed by atoms with Gasteiger partial charge in [-0.2, -0.15) is 0 Å². The molecule has 0 radical (unpaired) electrons. The van der Waals surface area contributed by atoms with Crippen molar-refractivity contribution in [2.75, 3.05) is 13.1 Å². The fraction of sp³-hybridized carbons (Fsp3) is 0.304. The predicted molar refractivity (Wildman–Crippen MR) is 115 cm³/mol. The maximum absolute atomic E-state index is 12.9. The number of furan rings is 1. The zero-order valence-corrected chi connectivity index (χ0v) is 17.1. The van der Waals surface area contributed by atoms with E-state index in [-0.39, 0.29) is 12.5 Å². The number of likely N-dealkylation sites (tertiary alicyclic amines) is 1. The smallest absolute Gasteiger partial charge is 0.270 e. The minimum Gasteiger partial charge on any atom is -0.463 e. The number of carbonyl (C=O) groups is 3. The van der Waals surface area contributed by atoms with Crippen molar-refractivity contribution >= 4 is 28.6 Å². The predicted octanol–water partition coefficient (Wildman–Crippen LogP) is 3.05. The molecule has 4 rings (SSSR count). The van der Waals surface area contributed by atoms with Crippen molar-refractivity contribution in [1.82, 2.24) is 20.7 Å². The van der Waals surface area contributed by atoms with Crippen molar-refractivity contribution in [2.24, 2.45) is 0 Å². The Bertz CT molecular complexity index is 1090. The number of hydrogen-bond donors (Lipinski definition) is 2. The molecule has 0 spiro atoms. The Balaban J connectivity index is 1.47. The zero-order chi connectivity index (χ0) is 21.6. The molecule has 1 aliphatic heterocycles. The lowest BCUT2D eigenvalue weighted by atomic mass is 10.1. The van der Waals surface area contributed by atoms with Crippen molar-refractivity contribution in [3.63, 3.8) is 0 Å². The van der Waals surface area contributed by atoms with E-state index < -0.39 is 11.8 Å². The number of benzene rings is 1. The highest BCUT2D eigenvalue weighted by Crippen LogP contribution is 2.25. The molecular formula is C23H24N4O4. The van der Waals surface area contributed by atoms with Crippen molar-refractivity contribution in [3.8, 4) is 11.5 Å². The van der Waals surface area contributed by atoms with E-state index in [0.29, 0.717) is 40.9 Å². The maximum atomic E-state index is 12.9. The molecule has 3 amide bonds. The highest BCUT2D eigenvalue weighted by atomic mass is 16.3. The number of amides is 3. The molecule has 1 saturated heterocycles. The molecule has 1 aromatic carbocycles. The lowest BCUT2D eigenvalue weighted by Crippen LogP contribution is -2.48. The van der Waals surface area contributed by atoms with Crippen LogP contribution in [0.4, 0.5) is 0 Å². The summed E-state index contributed by atoms with van der Waals surface area (Å²) in [6.45, 7) is 0.482. The van der Waals surface area contributed by atoms with E-state index in [9.17, 15) is 14.4 Å². The number of fused-ring (bicyclic) bond motifs is 1. The van der Waals surface area contributed by atoms with E-state index in [2.05, 4.69) is 15.8 Å². The molecule has 1 aliphatic rings. The second kappa shape index (κ2) is 9.42. The standard InChI is InChI=1S/C23H24N4O4/c28-21(15-27-12-6-2-1-3-11-22(27)29)25-26-23(30)17-14-19(20-10-7-13-31-20)24-18-9-5-4-8-16(17)18/h4-5,7-10,13-14H,1-3,6,11-12,15H2,(H,25,28)(H,26,30). The molecule has 2 aromatic heterocycles. The first-order valence-corrected chi connectivity index (χ1v) is 10.4. The quantitative estimate of drug-likeness (QED) is 0.631. The van der Waals surface area contributed by atoms with Gasteiger partial charge < -0.3 is 9.32 Å². The van der Waals surface area contributed by atoms with E-state index in [0.717, 1.165) is 25.7 Å². The van der Waals surface area contributed by atoms with E-state index in [1.165, 1.54) is 6.26 Å². The summed E-state index contributed by atoms with van der Waals surface area (Å²) in [5.74, 6) is -0.394. The van der Waals surface area contributed by atoms with E-state index in [1.54, 1.807) is 29.2 Å². The van der Waals surface area contributed by atoms with Gasteiger partial charge in [0.2, 0.25) is 5.91 Å². The van der Waals surface area contributed by atoms with Gasteiger partial charge >= 0.3 is 0 Å². The van der Waals surface area contributed by atoms with Gasteiger partial charge in [-0.25, -0.2) is 4.98 Å². The minimum absolute atomic E-state index is 0.0237. The van der Waals surface area contributed by atoms with Crippen LogP contribution >= 0.6 is 0 Å². The van der Waals surface area contributed by atoms with E-state index in [4.69, 9.17) is 4.42 Å². The van der Waals surface area contributed by atoms with Gasteiger partial charge in [-0.1, -0.05) is 31.0 Å². The van der Waals surface area contributed by atoms with Crippen LogP contribution in [0.1, 0.15) is 42.5 Å². The molecule has 31 heavy (non-hydrogen) atoms. The summed E-state index contributed by atoms with van der Waals surface area (Å²) in [6.07, 6.45) is 5.82. The Labute approximate surface area is 179 Å². The molecular weight excluding hydrogens is 396 g/mol. The second-order valence-corrected chi connectivity index (χ2v) is 7.53. The first kappa shape index (κ1) is 20.6. The molecule has 8 nitrogen and oxygen atoms in total. The number of rotatable bonds is 4. The van der Waals surface area contributed by atoms with Crippen LogP contribution in [-0.4, -0.2) is 40.7 Å². The summed E-state index contributed by atoms with van der Waals surface area (Å²) in [5, 5.41) is 0.656. The SMILES string of the molecule is O=C(CN1CCCCCCC1=O)NNC(=O)c1cc(-c2ccco2)nc2ccccc12. The second-order valence-electron chi connectivity index (χ2n) is 7.53. The van der Waals surface area contributed by atoms with E-state index >= 15 is 0 Å². The largest absolute Gasteiger partial charge is 0.463 e. The lowest BCUT2D eigenvalue weighted by Gasteiger charge is -2.24. The molecule has 0 atom stereocenters. The van der Waals surface area contributed by atoms with Gasteiger partial charge in [0.1, 0.15) is 12.2 Å². The van der Waals surface area contributed by atoms with Crippen LogP contribution in [-0.2, 0) is 9.59 Å². The van der Waals surface area contributed by atoms with Crippen molar-refractivity contribution < 1.29 is 18.8 Å². The fourth-order valence-corrected chi connectivity index (χ4v) is 3.70. The van der Waals surface area contributed by atoms with Crippen molar-refractivity contribution in [2.45, 2.75) is 32.1 Å². The van der Waals surface area contributed by atoms with E-state index in [1.807, 2.05) is 18.2 Å². The van der Waals surface area contributed by atoms with Crippen LogP contribution in [0.25, 0.3) is 22.4 Å². The van der Waals surface area contributed by atoms with Gasteiger partial charge in [-0.05, 0) is 37.1 Å². The first-order chi connectivity index (χ1) is 15.1. The van der Waals surface area contributed by atoms with Gasteiger partial charge in [-0.3, -0.25) is 25.2 Å². The number of carbonyl (C=O) groups excluding carboxylic acids is 3. The Morgan fingerprint density at radius 3 is 2.71 bits per heavy atom. The molecule has 0 bridgehead atoms. The third-order valence-electron chi connectivity index (χ3n) is 5.31. The molecule has 1 fully saturated rings. The molecule has 0 aliphatic carbocycles. The lowest BCUT2D eigenvalue weighted by molar-refractivity contribution is -0.136. The number of pyridine rings is 1. The van der Waals surface area contributed by atoms with Crippen LogP contribution in [0.5, 0.6) is 0 Å². The number of nitrogens with zero attached hydrogens (tertiary/aromatic N) is 2. The summed E-state index contributed by atoms with van der Waals surface area (Å²) < 4.78 is 5.41. The summed E-state index contributed by atoms with van der Waals surface area (Å²) in [6, 6.07) is 12.4. The topological polar surface area (TPSA) is 105 Å². The normalized spacial score (nSPS) is 14.7. The molecule has 8 heteroatoms. The van der Waals surface area contributed by atoms with Crippen LogP contribution in [0, 0.1) is 0 Å². The van der Waals surface area contributed by atoms with Crippen LogP contribution in [0.15, 0.2) is 53.1 Å². The summed E-state index contributed by atoms with van der Waals surface area (Å²) in [7, 11) is 0. The van der Waals surface area contributed by atoms with Crippen molar-refractivity contribution in [3.05, 3.63) is 54.3 Å². The van der Waals surface area contributed by atoms with Crippen LogP contribution in [0.3, 0.4) is 0 Å². The number of para-hydroxylation sites is 1. The van der Waals surface area contributed by atoms with Gasteiger partial charge in [0.25, 0.3) is 11.8 Å². The Morgan fingerprint density at radius 1 is 1.03 bits per heavy atom. The molecule has 3 aromatic rings. The van der Waals surface area contributed by atoms with Gasteiger partial charge in [0.05, 0.1) is 17.3 Å². The highest BCUT2D eigenvalue weighted by Gasteiger charge is 2.20. The highest BCUT2D eigenvalue weighted by molar-refractivity contribution is 6.07. The Morgan fingerprint density at radius 2 is 1.87 bits per heavy atom. The average Bonchev–Trinajstić information content (AvgIpc) is 3.31. The molecule has 3 heterocycles. The monoisotopic (exact) mass is 420 g/mol. The first-order valence-electron chi connectivity index (χ1n) is 10.4. The van der Waals surface area contributed by atoms with Gasteiger partial charge in [0.15, 0.2) is 5.76 Å². The summed E-state index contributed by atoms with van der Waals surface area (Å²) in [5.41, 5.74) is 6.41. The summed E-state index contributed by atoms with van der Waals surface area (Å²) >= 11 is 0. The van der Waals surface area contributed by atoms with Gasteiger partial charge in [0, 0.05) is 18.4 Å². The van der Waals surface area contributed by atoms with Crippen molar-refractivity contribution in [1.29, 1.82) is 0 Å². The number of aromatic nitrogens is 1. The van der Waals surface area contributed by atoms with Gasteiger partial charge in [-0.15, -0.1) is 0 Å². The minimum atomic E-state index is -0.473. The number of nitrogens with one attached hydrogen (secondary N) is 2. The molecule has 0 unspecified atom stereocenters. The fourth-order valence-electron chi connectivity index (χ4n) is 3.70. The average molecular weight is 420 g/mol. The Hall–Kier alpha value is -3.68. The van der Waals surface area contributed by atoms with Crippen LogP contribution in [0.2, 0.25) is 0 Å². The molecule has 0 saturated carbocycles. The molecule has 160 valence electrons. The third kappa shape index (κ3) is 4.91. The zero-order valence-electron chi connectivity index (χ0n) is 17.1. The molecule has 2 N–H and O–H groups in total.